The van der Waals surface area contributed by atoms with E-state index in [-0.39, 0.29) is 0 Å². The summed E-state index contributed by atoms with van der Waals surface area (Å²) in [4.78, 5) is 29.1. The standard InChI is InChI=1S/C9H13Cl2N3O2/c1-6-7(8(15)13-9(16)12-6)14(4-2-10)5-3-11/h2-5H2,1H3,(H2,12,13,15,16). The second kappa shape index (κ2) is 5.96. The molecule has 0 spiro atoms. The Balaban J connectivity index is 3.18. The van der Waals surface area contributed by atoms with Crippen LogP contribution in [-0.4, -0.2) is 34.8 Å². The van der Waals surface area contributed by atoms with Crippen LogP contribution in [0.4, 0.5) is 5.69 Å². The summed E-state index contributed by atoms with van der Waals surface area (Å²) in [6.07, 6.45) is 0. The average Bonchev–Trinajstić information content (AvgIpc) is 2.16. The lowest BCUT2D eigenvalue weighted by molar-refractivity contribution is 0.838. The van der Waals surface area contributed by atoms with Gasteiger partial charge in [-0.15, -0.1) is 23.2 Å². The van der Waals surface area contributed by atoms with Gasteiger partial charge >= 0.3 is 5.69 Å². The number of nitrogens with zero attached hydrogens (tertiary/aromatic N) is 1. The third kappa shape index (κ3) is 3.02. The van der Waals surface area contributed by atoms with Gasteiger partial charge in [0.1, 0.15) is 5.69 Å². The monoisotopic (exact) mass is 265 g/mol. The van der Waals surface area contributed by atoms with Gasteiger partial charge in [-0.3, -0.25) is 9.78 Å². The zero-order chi connectivity index (χ0) is 12.1. The van der Waals surface area contributed by atoms with E-state index in [0.29, 0.717) is 36.2 Å². The number of halogens is 2. The summed E-state index contributed by atoms with van der Waals surface area (Å²) in [5, 5.41) is 0. The molecule has 2 N–H and O–H groups in total. The van der Waals surface area contributed by atoms with Crippen LogP contribution in [0.5, 0.6) is 0 Å². The van der Waals surface area contributed by atoms with E-state index < -0.39 is 11.2 Å². The molecule has 0 amide bonds. The van der Waals surface area contributed by atoms with E-state index in [1.807, 2.05) is 0 Å². The zero-order valence-corrected chi connectivity index (χ0v) is 10.4. The van der Waals surface area contributed by atoms with Crippen LogP contribution in [-0.2, 0) is 0 Å². The van der Waals surface area contributed by atoms with E-state index in [1.54, 1.807) is 11.8 Å². The highest BCUT2D eigenvalue weighted by Crippen LogP contribution is 2.10. The van der Waals surface area contributed by atoms with Crippen molar-refractivity contribution in [1.29, 1.82) is 0 Å². The number of alkyl halides is 2. The molecule has 0 aliphatic heterocycles. The quantitative estimate of drug-likeness (QED) is 0.769. The minimum atomic E-state index is -0.511. The lowest BCUT2D eigenvalue weighted by atomic mass is 10.3. The van der Waals surface area contributed by atoms with Crippen molar-refractivity contribution in [3.8, 4) is 0 Å². The molecule has 1 aromatic heterocycles. The molecule has 0 saturated heterocycles. The highest BCUT2D eigenvalue weighted by molar-refractivity contribution is 6.18. The first-order chi connectivity index (χ1) is 7.60. The number of anilines is 1. The molecule has 0 bridgehead atoms. The van der Waals surface area contributed by atoms with Crippen molar-refractivity contribution in [2.24, 2.45) is 0 Å². The van der Waals surface area contributed by atoms with E-state index in [2.05, 4.69) is 9.97 Å². The fraction of sp³-hybridized carbons (Fsp3) is 0.556. The molecule has 0 atom stereocenters. The molecule has 0 saturated carbocycles. The first-order valence-corrected chi connectivity index (χ1v) is 5.87. The van der Waals surface area contributed by atoms with Gasteiger partial charge in [0.25, 0.3) is 5.56 Å². The summed E-state index contributed by atoms with van der Waals surface area (Å²) in [6, 6.07) is 0. The molecule has 7 heteroatoms. The SMILES string of the molecule is Cc1[nH]c(=O)[nH]c(=O)c1N(CCCl)CCCl. The van der Waals surface area contributed by atoms with Gasteiger partial charge < -0.3 is 9.88 Å². The number of aryl methyl sites for hydroxylation is 1. The molecular weight excluding hydrogens is 253 g/mol. The second-order valence-corrected chi connectivity index (χ2v) is 4.00. The largest absolute Gasteiger partial charge is 0.363 e. The summed E-state index contributed by atoms with van der Waals surface area (Å²) < 4.78 is 0. The molecule has 1 aromatic rings. The van der Waals surface area contributed by atoms with Gasteiger partial charge in [-0.05, 0) is 6.92 Å². The summed E-state index contributed by atoms with van der Waals surface area (Å²) in [5.41, 5.74) is 0.00399. The van der Waals surface area contributed by atoms with Crippen molar-refractivity contribution in [2.45, 2.75) is 6.92 Å². The molecular formula is C9H13Cl2N3O2. The maximum Gasteiger partial charge on any atom is 0.326 e. The lowest BCUT2D eigenvalue weighted by Gasteiger charge is -2.22. The molecule has 0 aliphatic carbocycles. The third-order valence-electron chi connectivity index (χ3n) is 2.12. The Morgan fingerprint density at radius 1 is 1.12 bits per heavy atom. The highest BCUT2D eigenvalue weighted by atomic mass is 35.5. The number of H-pyrrole nitrogens is 2. The molecule has 90 valence electrons. The van der Waals surface area contributed by atoms with Gasteiger partial charge in [0, 0.05) is 30.5 Å². The Labute approximate surface area is 102 Å². The van der Waals surface area contributed by atoms with Crippen LogP contribution in [0.25, 0.3) is 0 Å². The van der Waals surface area contributed by atoms with Crippen LogP contribution < -0.4 is 16.1 Å². The van der Waals surface area contributed by atoms with Crippen LogP contribution in [0.3, 0.4) is 0 Å². The molecule has 5 nitrogen and oxygen atoms in total. The van der Waals surface area contributed by atoms with E-state index in [0.717, 1.165) is 0 Å². The fourth-order valence-electron chi connectivity index (χ4n) is 1.51. The lowest BCUT2D eigenvalue weighted by Crippen LogP contribution is -2.36. The summed E-state index contributed by atoms with van der Waals surface area (Å²) in [5.74, 6) is 0.768. The first-order valence-electron chi connectivity index (χ1n) is 4.80. The topological polar surface area (TPSA) is 69.0 Å². The molecule has 16 heavy (non-hydrogen) atoms. The van der Waals surface area contributed by atoms with E-state index >= 15 is 0 Å². The maximum atomic E-state index is 11.6. The normalized spacial score (nSPS) is 10.4. The Kier molecular flexibility index (Phi) is 4.89. The minimum absolute atomic E-state index is 0.384. The van der Waals surface area contributed by atoms with E-state index in [4.69, 9.17) is 23.2 Å². The molecule has 0 aromatic carbocycles. The number of hydrogen-bond acceptors (Lipinski definition) is 3. The second-order valence-electron chi connectivity index (χ2n) is 3.25. The maximum absolute atomic E-state index is 11.6. The summed E-state index contributed by atoms with van der Waals surface area (Å²) in [6.45, 7) is 2.68. The van der Waals surface area contributed by atoms with Crippen LogP contribution >= 0.6 is 23.2 Å². The van der Waals surface area contributed by atoms with Gasteiger partial charge in [-0.2, -0.15) is 0 Å². The summed E-state index contributed by atoms with van der Waals surface area (Å²) in [7, 11) is 0. The van der Waals surface area contributed by atoms with Gasteiger partial charge in [0.2, 0.25) is 0 Å². The van der Waals surface area contributed by atoms with Crippen LogP contribution in [0.15, 0.2) is 9.59 Å². The van der Waals surface area contributed by atoms with Crippen molar-refractivity contribution < 1.29 is 0 Å². The van der Waals surface area contributed by atoms with Crippen molar-refractivity contribution in [1.82, 2.24) is 9.97 Å². The van der Waals surface area contributed by atoms with Crippen molar-refractivity contribution in [3.63, 3.8) is 0 Å². The average molecular weight is 266 g/mol. The van der Waals surface area contributed by atoms with Gasteiger partial charge in [0.15, 0.2) is 0 Å². The smallest absolute Gasteiger partial charge is 0.326 e. The highest BCUT2D eigenvalue weighted by Gasteiger charge is 2.13. The molecule has 0 unspecified atom stereocenters. The van der Waals surface area contributed by atoms with E-state index in [9.17, 15) is 9.59 Å². The molecule has 1 heterocycles. The first kappa shape index (κ1) is 13.1. The molecule has 0 aliphatic rings. The number of hydrogen-bond donors (Lipinski definition) is 2. The third-order valence-corrected chi connectivity index (χ3v) is 2.46. The fourth-order valence-corrected chi connectivity index (χ4v) is 1.92. The Morgan fingerprint density at radius 3 is 2.12 bits per heavy atom. The molecule has 1 rings (SSSR count). The van der Waals surface area contributed by atoms with Crippen molar-refractivity contribution >= 4 is 28.9 Å². The number of aromatic amines is 2. The van der Waals surface area contributed by atoms with Gasteiger partial charge in [-0.1, -0.05) is 0 Å². The van der Waals surface area contributed by atoms with E-state index in [1.165, 1.54) is 0 Å². The summed E-state index contributed by atoms with van der Waals surface area (Å²) >= 11 is 11.3. The Morgan fingerprint density at radius 2 is 1.69 bits per heavy atom. The number of aromatic nitrogens is 2. The van der Waals surface area contributed by atoms with Crippen LogP contribution in [0.1, 0.15) is 5.69 Å². The minimum Gasteiger partial charge on any atom is -0.363 e. The number of rotatable bonds is 5. The van der Waals surface area contributed by atoms with Gasteiger partial charge in [0.05, 0.1) is 0 Å². The van der Waals surface area contributed by atoms with Crippen LogP contribution in [0.2, 0.25) is 0 Å². The van der Waals surface area contributed by atoms with Crippen molar-refractivity contribution in [3.05, 3.63) is 26.5 Å². The van der Waals surface area contributed by atoms with Crippen molar-refractivity contribution in [2.75, 3.05) is 29.7 Å². The molecule has 0 radical (unpaired) electrons. The predicted molar refractivity (Wildman–Crippen MR) is 66.1 cm³/mol. The number of nitrogens with one attached hydrogen (secondary N) is 2. The van der Waals surface area contributed by atoms with Crippen LogP contribution in [0, 0.1) is 6.92 Å². The predicted octanol–water partition coefficient (Wildman–Crippen LogP) is 0.656. The van der Waals surface area contributed by atoms with Gasteiger partial charge in [-0.25, -0.2) is 4.79 Å². The molecule has 0 fully saturated rings. The zero-order valence-electron chi connectivity index (χ0n) is 8.85. The Hall–Kier alpha value is -0.940. The Bertz CT molecular complexity index is 449.